The van der Waals surface area contributed by atoms with E-state index in [9.17, 15) is 13.2 Å². The predicted molar refractivity (Wildman–Crippen MR) is 78.1 cm³/mol. The van der Waals surface area contributed by atoms with Gasteiger partial charge in [0.05, 0.1) is 15.6 Å². The molecule has 0 amide bonds. The van der Waals surface area contributed by atoms with Crippen molar-refractivity contribution in [3.63, 3.8) is 0 Å². The lowest BCUT2D eigenvalue weighted by Crippen LogP contribution is -2.34. The van der Waals surface area contributed by atoms with E-state index >= 15 is 0 Å². The molecule has 8 heteroatoms. The van der Waals surface area contributed by atoms with Gasteiger partial charge in [-0.15, -0.1) is 0 Å². The predicted octanol–water partition coefficient (Wildman–Crippen LogP) is 3.64. The highest BCUT2D eigenvalue weighted by atomic mass is 35.5. The molecule has 1 aromatic rings. The number of halogens is 4. The molecule has 1 heterocycles. The first kappa shape index (κ1) is 17.0. The monoisotopic (exact) mass is 325 g/mol. The molecule has 0 radical (unpaired) electrons. The Morgan fingerprint density at radius 2 is 2.10 bits per heavy atom. The molecule has 1 rings (SSSR count). The Morgan fingerprint density at radius 1 is 1.50 bits per heavy atom. The number of hydrogen-bond donors (Lipinski definition) is 1. The molecule has 2 N–H and O–H groups in total. The lowest BCUT2D eigenvalue weighted by atomic mass is 10.2. The Hall–Kier alpha value is -1.08. The van der Waals surface area contributed by atoms with Gasteiger partial charge >= 0.3 is 6.18 Å². The molecule has 0 bridgehead atoms. The molecule has 3 nitrogen and oxygen atoms in total. The molecule has 0 spiro atoms. The lowest BCUT2D eigenvalue weighted by molar-refractivity contribution is -0.137. The van der Waals surface area contributed by atoms with E-state index in [4.69, 9.17) is 29.6 Å². The van der Waals surface area contributed by atoms with Crippen LogP contribution in [0.4, 0.5) is 19.0 Å². The quantitative estimate of drug-likeness (QED) is 0.839. The van der Waals surface area contributed by atoms with Gasteiger partial charge in [-0.2, -0.15) is 13.2 Å². The van der Waals surface area contributed by atoms with Crippen LogP contribution in [0, 0.1) is 0 Å². The lowest BCUT2D eigenvalue weighted by Gasteiger charge is -2.28. The van der Waals surface area contributed by atoms with Gasteiger partial charge in [0, 0.05) is 25.2 Å². The minimum atomic E-state index is -4.46. The molecule has 0 saturated heterocycles. The highest BCUT2D eigenvalue weighted by molar-refractivity contribution is 7.80. The fourth-order valence-corrected chi connectivity index (χ4v) is 2.00. The second-order valence-corrected chi connectivity index (χ2v) is 5.46. The molecule has 0 unspecified atom stereocenters. The number of thiocarbonyl (C=S) groups is 1. The maximum atomic E-state index is 12.6. The molecule has 0 saturated carbocycles. The van der Waals surface area contributed by atoms with Crippen molar-refractivity contribution in [2.45, 2.75) is 32.5 Å². The largest absolute Gasteiger partial charge is 0.417 e. The van der Waals surface area contributed by atoms with Crippen LogP contribution in [0.3, 0.4) is 0 Å². The van der Waals surface area contributed by atoms with Crippen molar-refractivity contribution in [2.75, 3.05) is 11.4 Å². The van der Waals surface area contributed by atoms with Crippen molar-refractivity contribution in [1.82, 2.24) is 4.98 Å². The molecule has 1 aromatic heterocycles. The third kappa shape index (κ3) is 4.49. The zero-order chi connectivity index (χ0) is 15.5. The molecule has 0 aliphatic heterocycles. The summed E-state index contributed by atoms with van der Waals surface area (Å²) in [7, 11) is 0. The van der Waals surface area contributed by atoms with Crippen molar-refractivity contribution in [1.29, 1.82) is 0 Å². The highest BCUT2D eigenvalue weighted by Crippen LogP contribution is 2.33. The van der Waals surface area contributed by atoms with E-state index in [1.165, 1.54) is 0 Å². The summed E-state index contributed by atoms with van der Waals surface area (Å²) in [5.41, 5.74) is 4.57. The molecule has 0 fully saturated rings. The van der Waals surface area contributed by atoms with E-state index in [1.54, 1.807) is 4.90 Å². The normalized spacial score (nSPS) is 11.8. The zero-order valence-electron chi connectivity index (χ0n) is 11.0. The molecule has 20 heavy (non-hydrogen) atoms. The number of nitrogens with two attached hydrogens (primary N) is 1. The number of hydrogen-bond acceptors (Lipinski definition) is 3. The number of alkyl halides is 3. The summed E-state index contributed by atoms with van der Waals surface area (Å²) >= 11 is 10.7. The molecule has 0 aliphatic rings. The second-order valence-electron chi connectivity index (χ2n) is 4.53. The van der Waals surface area contributed by atoms with E-state index in [-0.39, 0.29) is 11.1 Å². The number of pyridine rings is 1. The fraction of sp³-hybridized carbons (Fsp3) is 0.500. The van der Waals surface area contributed by atoms with Gasteiger partial charge < -0.3 is 10.6 Å². The SMILES string of the molecule is CC(C)N(CCC(N)=S)c1ncc(C(F)(F)F)cc1Cl. The van der Waals surface area contributed by atoms with Gasteiger partial charge in [0.2, 0.25) is 0 Å². The van der Waals surface area contributed by atoms with Crippen molar-refractivity contribution >= 4 is 34.6 Å². The minimum absolute atomic E-state index is 0.00564. The van der Waals surface area contributed by atoms with Crippen LogP contribution in [0.5, 0.6) is 0 Å². The van der Waals surface area contributed by atoms with E-state index in [0.717, 1.165) is 12.3 Å². The van der Waals surface area contributed by atoms with E-state index in [0.29, 0.717) is 23.8 Å². The average Bonchev–Trinajstić information content (AvgIpc) is 2.28. The van der Waals surface area contributed by atoms with Crippen LogP contribution in [-0.2, 0) is 6.18 Å². The van der Waals surface area contributed by atoms with Gasteiger partial charge in [0.1, 0.15) is 5.82 Å². The van der Waals surface area contributed by atoms with Gasteiger partial charge in [0.15, 0.2) is 0 Å². The topological polar surface area (TPSA) is 42.1 Å². The highest BCUT2D eigenvalue weighted by Gasteiger charge is 2.32. The zero-order valence-corrected chi connectivity index (χ0v) is 12.6. The Bertz CT molecular complexity index is 491. The Balaban J connectivity index is 3.06. The summed E-state index contributed by atoms with van der Waals surface area (Å²) in [4.78, 5) is 5.93. The van der Waals surface area contributed by atoms with Gasteiger partial charge in [-0.05, 0) is 19.9 Å². The van der Waals surface area contributed by atoms with Gasteiger partial charge in [-0.1, -0.05) is 23.8 Å². The first-order valence-corrected chi connectivity index (χ1v) is 6.69. The van der Waals surface area contributed by atoms with Crippen LogP contribution in [0.25, 0.3) is 0 Å². The summed E-state index contributed by atoms with van der Waals surface area (Å²) < 4.78 is 37.7. The van der Waals surface area contributed by atoms with Crippen LogP contribution in [-0.4, -0.2) is 22.6 Å². The number of anilines is 1. The molecule has 0 atom stereocenters. The maximum absolute atomic E-state index is 12.6. The van der Waals surface area contributed by atoms with Crippen molar-refractivity contribution < 1.29 is 13.2 Å². The van der Waals surface area contributed by atoms with E-state index < -0.39 is 11.7 Å². The van der Waals surface area contributed by atoms with Crippen molar-refractivity contribution in [3.05, 3.63) is 22.8 Å². The van der Waals surface area contributed by atoms with Crippen molar-refractivity contribution in [2.24, 2.45) is 5.73 Å². The molecule has 0 aromatic carbocycles. The van der Waals surface area contributed by atoms with Crippen LogP contribution in [0.2, 0.25) is 5.02 Å². The van der Waals surface area contributed by atoms with E-state index in [1.807, 2.05) is 13.8 Å². The van der Waals surface area contributed by atoms with Gasteiger partial charge in [-0.25, -0.2) is 4.98 Å². The Kier molecular flexibility index (Phi) is 5.59. The first-order valence-electron chi connectivity index (χ1n) is 5.90. The van der Waals surface area contributed by atoms with E-state index in [2.05, 4.69) is 4.98 Å². The van der Waals surface area contributed by atoms with Gasteiger partial charge in [0.25, 0.3) is 0 Å². The summed E-state index contributed by atoms with van der Waals surface area (Å²) in [6.45, 7) is 4.22. The second kappa shape index (κ2) is 6.58. The standard InChI is InChI=1S/C12H15ClF3N3S/c1-7(2)19(4-3-10(17)20)11-9(13)5-8(6-18-11)12(14,15)16/h5-7H,3-4H2,1-2H3,(H2,17,20). The number of rotatable bonds is 5. The summed E-state index contributed by atoms with van der Waals surface area (Å²) in [5.74, 6) is 0.297. The number of aromatic nitrogens is 1. The summed E-state index contributed by atoms with van der Waals surface area (Å²) in [5, 5.41) is -0.0449. The van der Waals surface area contributed by atoms with Crippen LogP contribution in [0.1, 0.15) is 25.8 Å². The fourth-order valence-electron chi connectivity index (χ4n) is 1.64. The smallest absolute Gasteiger partial charge is 0.393 e. The Morgan fingerprint density at radius 3 is 2.50 bits per heavy atom. The van der Waals surface area contributed by atoms with Gasteiger partial charge in [-0.3, -0.25) is 0 Å². The minimum Gasteiger partial charge on any atom is -0.393 e. The third-order valence-corrected chi connectivity index (χ3v) is 3.13. The Labute approximate surface area is 125 Å². The summed E-state index contributed by atoms with van der Waals surface area (Å²) in [6, 6.07) is 0.881. The molecule has 0 aliphatic carbocycles. The average molecular weight is 326 g/mol. The molecular weight excluding hydrogens is 311 g/mol. The first-order chi connectivity index (χ1) is 9.12. The summed E-state index contributed by atoms with van der Waals surface area (Å²) in [6.07, 6.45) is -3.25. The third-order valence-electron chi connectivity index (χ3n) is 2.64. The van der Waals surface area contributed by atoms with Crippen LogP contribution < -0.4 is 10.6 Å². The molecular formula is C12H15ClF3N3S. The van der Waals surface area contributed by atoms with Crippen LogP contribution >= 0.6 is 23.8 Å². The number of nitrogens with zero attached hydrogens (tertiary/aromatic N) is 2. The van der Waals surface area contributed by atoms with Crippen LogP contribution in [0.15, 0.2) is 12.3 Å². The molecule has 112 valence electrons. The maximum Gasteiger partial charge on any atom is 0.417 e. The van der Waals surface area contributed by atoms with Crippen molar-refractivity contribution in [3.8, 4) is 0 Å².